The normalized spacial score (nSPS) is 11.0. The second-order valence-corrected chi connectivity index (χ2v) is 6.31. The summed E-state index contributed by atoms with van der Waals surface area (Å²) in [6, 6.07) is 7.17. The van der Waals surface area contributed by atoms with Gasteiger partial charge in [0, 0.05) is 6.07 Å². The number of nitrogens with zero attached hydrogens (tertiary/aromatic N) is 2. The van der Waals surface area contributed by atoms with Crippen molar-refractivity contribution in [2.75, 3.05) is 11.3 Å². The third-order valence-corrected chi connectivity index (χ3v) is 4.31. The SMILES string of the molecule is CCOc1ccc(S(=O)(=O)Nc2ncc([N+](=O)[O-])cc2C)cc1. The van der Waals surface area contributed by atoms with Crippen LogP contribution in [0, 0.1) is 17.0 Å². The number of benzene rings is 1. The van der Waals surface area contributed by atoms with Gasteiger partial charge in [0.1, 0.15) is 17.8 Å². The van der Waals surface area contributed by atoms with Gasteiger partial charge >= 0.3 is 0 Å². The predicted octanol–water partition coefficient (Wildman–Crippen LogP) is 2.50. The Labute approximate surface area is 133 Å². The third-order valence-electron chi connectivity index (χ3n) is 2.95. The van der Waals surface area contributed by atoms with Gasteiger partial charge in [-0.2, -0.15) is 0 Å². The smallest absolute Gasteiger partial charge is 0.287 e. The number of hydrogen-bond donors (Lipinski definition) is 1. The molecule has 0 amide bonds. The van der Waals surface area contributed by atoms with Crippen LogP contribution in [0.5, 0.6) is 5.75 Å². The quantitative estimate of drug-likeness (QED) is 0.640. The molecule has 2 aromatic rings. The zero-order valence-electron chi connectivity index (χ0n) is 12.5. The minimum absolute atomic E-state index is 0.0421. The first kappa shape index (κ1) is 16.7. The van der Waals surface area contributed by atoms with E-state index in [0.29, 0.717) is 17.9 Å². The van der Waals surface area contributed by atoms with Gasteiger partial charge in [-0.05, 0) is 43.7 Å². The van der Waals surface area contributed by atoms with Crippen molar-refractivity contribution in [1.82, 2.24) is 4.98 Å². The minimum atomic E-state index is -3.84. The van der Waals surface area contributed by atoms with Crippen LogP contribution in [-0.2, 0) is 10.0 Å². The van der Waals surface area contributed by atoms with Crippen LogP contribution in [0.25, 0.3) is 0 Å². The van der Waals surface area contributed by atoms with Crippen LogP contribution in [0.15, 0.2) is 41.4 Å². The molecule has 23 heavy (non-hydrogen) atoms. The van der Waals surface area contributed by atoms with E-state index >= 15 is 0 Å². The molecule has 1 aromatic heterocycles. The topological polar surface area (TPSA) is 111 Å². The number of pyridine rings is 1. The maximum Gasteiger partial charge on any atom is 0.287 e. The molecule has 0 aliphatic heterocycles. The zero-order chi connectivity index (χ0) is 17.0. The van der Waals surface area contributed by atoms with E-state index in [1.165, 1.54) is 25.1 Å². The van der Waals surface area contributed by atoms with E-state index < -0.39 is 14.9 Å². The average Bonchev–Trinajstić information content (AvgIpc) is 2.50. The maximum atomic E-state index is 12.3. The lowest BCUT2D eigenvalue weighted by atomic mass is 10.3. The van der Waals surface area contributed by atoms with Gasteiger partial charge in [0.05, 0.1) is 16.4 Å². The molecule has 1 N–H and O–H groups in total. The number of hydrogen-bond acceptors (Lipinski definition) is 6. The molecule has 1 heterocycles. The molecule has 0 spiro atoms. The highest BCUT2D eigenvalue weighted by Gasteiger charge is 2.18. The Morgan fingerprint density at radius 1 is 1.30 bits per heavy atom. The molecule has 9 heteroatoms. The Balaban J connectivity index is 2.25. The van der Waals surface area contributed by atoms with Crippen molar-refractivity contribution in [3.8, 4) is 5.75 Å². The van der Waals surface area contributed by atoms with Crippen molar-refractivity contribution in [3.05, 3.63) is 52.2 Å². The summed E-state index contributed by atoms with van der Waals surface area (Å²) >= 11 is 0. The van der Waals surface area contributed by atoms with Gasteiger partial charge in [0.2, 0.25) is 0 Å². The van der Waals surface area contributed by atoms with Gasteiger partial charge in [0.15, 0.2) is 0 Å². The van der Waals surface area contributed by atoms with E-state index in [9.17, 15) is 18.5 Å². The predicted molar refractivity (Wildman–Crippen MR) is 84.0 cm³/mol. The van der Waals surface area contributed by atoms with Crippen molar-refractivity contribution in [2.24, 2.45) is 0 Å². The maximum absolute atomic E-state index is 12.3. The summed E-state index contributed by atoms with van der Waals surface area (Å²) in [5.74, 6) is 0.612. The summed E-state index contributed by atoms with van der Waals surface area (Å²) in [6.45, 7) is 3.85. The van der Waals surface area contributed by atoms with Crippen molar-refractivity contribution in [3.63, 3.8) is 0 Å². The van der Waals surface area contributed by atoms with E-state index in [1.807, 2.05) is 6.92 Å². The number of nitrogens with one attached hydrogen (secondary N) is 1. The minimum Gasteiger partial charge on any atom is -0.494 e. The van der Waals surface area contributed by atoms with E-state index in [-0.39, 0.29) is 16.4 Å². The molecule has 0 radical (unpaired) electrons. The number of nitro groups is 1. The molecule has 0 saturated carbocycles. The number of sulfonamides is 1. The standard InChI is InChI=1S/C14H15N3O5S/c1-3-22-12-4-6-13(7-5-12)23(20,21)16-14-10(2)8-11(9-15-14)17(18)19/h4-9H,3H2,1-2H3,(H,15,16). The summed E-state index contributed by atoms with van der Waals surface area (Å²) in [6.07, 6.45) is 1.00. The lowest BCUT2D eigenvalue weighted by molar-refractivity contribution is -0.385. The molecule has 0 atom stereocenters. The molecule has 122 valence electrons. The number of rotatable bonds is 6. The third kappa shape index (κ3) is 3.95. The zero-order valence-corrected chi connectivity index (χ0v) is 13.3. The Kier molecular flexibility index (Phi) is 4.80. The monoisotopic (exact) mass is 337 g/mol. The van der Waals surface area contributed by atoms with Gasteiger partial charge in [0.25, 0.3) is 15.7 Å². The van der Waals surface area contributed by atoms with Crippen LogP contribution < -0.4 is 9.46 Å². The molecule has 1 aromatic carbocycles. The Morgan fingerprint density at radius 3 is 2.48 bits per heavy atom. The van der Waals surface area contributed by atoms with Crippen molar-refractivity contribution in [1.29, 1.82) is 0 Å². The van der Waals surface area contributed by atoms with Gasteiger partial charge in [-0.3, -0.25) is 14.8 Å². The molecule has 0 unspecified atom stereocenters. The van der Waals surface area contributed by atoms with Crippen molar-refractivity contribution in [2.45, 2.75) is 18.7 Å². The average molecular weight is 337 g/mol. The van der Waals surface area contributed by atoms with Crippen LogP contribution in [-0.4, -0.2) is 24.9 Å². The summed E-state index contributed by atoms with van der Waals surface area (Å²) in [4.78, 5) is 13.9. The van der Waals surface area contributed by atoms with Crippen molar-refractivity contribution >= 4 is 21.5 Å². The number of anilines is 1. The number of ether oxygens (including phenoxy) is 1. The highest BCUT2D eigenvalue weighted by Crippen LogP contribution is 2.22. The Morgan fingerprint density at radius 2 is 1.96 bits per heavy atom. The summed E-state index contributed by atoms with van der Waals surface area (Å²) in [5.41, 5.74) is 0.153. The van der Waals surface area contributed by atoms with E-state index in [0.717, 1.165) is 6.20 Å². The van der Waals surface area contributed by atoms with Gasteiger partial charge in [-0.25, -0.2) is 13.4 Å². The first-order valence-corrected chi connectivity index (χ1v) is 8.18. The second kappa shape index (κ2) is 6.61. The molecule has 2 rings (SSSR count). The van der Waals surface area contributed by atoms with E-state index in [2.05, 4.69) is 9.71 Å². The van der Waals surface area contributed by atoms with E-state index in [4.69, 9.17) is 4.74 Å². The van der Waals surface area contributed by atoms with Crippen molar-refractivity contribution < 1.29 is 18.1 Å². The molecule has 0 aliphatic rings. The summed E-state index contributed by atoms with van der Waals surface area (Å²) < 4.78 is 32.2. The van der Waals surface area contributed by atoms with Gasteiger partial charge in [-0.1, -0.05) is 0 Å². The first-order chi connectivity index (χ1) is 10.8. The summed E-state index contributed by atoms with van der Waals surface area (Å²) in [7, 11) is -3.84. The van der Waals surface area contributed by atoms with E-state index in [1.54, 1.807) is 12.1 Å². The fourth-order valence-electron chi connectivity index (χ4n) is 1.83. The lowest BCUT2D eigenvalue weighted by Crippen LogP contribution is -2.15. The molecular formula is C14H15N3O5S. The Bertz CT molecular complexity index is 819. The molecule has 8 nitrogen and oxygen atoms in total. The highest BCUT2D eigenvalue weighted by atomic mass is 32.2. The Hall–Kier alpha value is -2.68. The van der Waals surface area contributed by atoms with Crippen LogP contribution in [0.2, 0.25) is 0 Å². The molecule has 0 bridgehead atoms. The molecule has 0 fully saturated rings. The van der Waals surface area contributed by atoms with Crippen LogP contribution >= 0.6 is 0 Å². The summed E-state index contributed by atoms with van der Waals surface area (Å²) in [5, 5.41) is 10.7. The largest absolute Gasteiger partial charge is 0.494 e. The molecule has 0 aliphatic carbocycles. The van der Waals surface area contributed by atoms with Crippen LogP contribution in [0.1, 0.15) is 12.5 Å². The van der Waals surface area contributed by atoms with Crippen LogP contribution in [0.3, 0.4) is 0 Å². The fraction of sp³-hybridized carbons (Fsp3) is 0.214. The second-order valence-electron chi connectivity index (χ2n) is 4.63. The number of aromatic nitrogens is 1. The van der Waals surface area contributed by atoms with Gasteiger partial charge < -0.3 is 4.74 Å². The van der Waals surface area contributed by atoms with Gasteiger partial charge in [-0.15, -0.1) is 0 Å². The number of aryl methyl sites for hydroxylation is 1. The van der Waals surface area contributed by atoms with Crippen LogP contribution in [0.4, 0.5) is 11.5 Å². The lowest BCUT2D eigenvalue weighted by Gasteiger charge is -2.10. The molecular weight excluding hydrogens is 322 g/mol. The first-order valence-electron chi connectivity index (χ1n) is 6.70. The fourth-order valence-corrected chi connectivity index (χ4v) is 2.92. The highest BCUT2D eigenvalue weighted by molar-refractivity contribution is 7.92. The molecule has 0 saturated heterocycles.